The molecule has 0 radical (unpaired) electrons. The van der Waals surface area contributed by atoms with Crippen LogP contribution in [0.2, 0.25) is 0 Å². The van der Waals surface area contributed by atoms with Gasteiger partial charge in [0.05, 0.1) is 11.9 Å². The van der Waals surface area contributed by atoms with Crippen LogP contribution in [0, 0.1) is 16.5 Å². The lowest BCUT2D eigenvalue weighted by molar-refractivity contribution is 0.438. The molecule has 132 valence electrons. The number of halogens is 2. The molecule has 0 heterocycles. The van der Waals surface area contributed by atoms with Gasteiger partial charge < -0.3 is 4.74 Å². The molecule has 9 heteroatoms. The summed E-state index contributed by atoms with van der Waals surface area (Å²) < 4.78 is 57.8. The van der Waals surface area contributed by atoms with Crippen molar-refractivity contribution < 1.29 is 21.9 Å². The minimum Gasteiger partial charge on any atom is -0.452 e. The Morgan fingerprint density at radius 3 is 2.60 bits per heavy atom. The minimum absolute atomic E-state index is 0.00485. The second-order valence-corrected chi connectivity index (χ2v) is 7.51. The Bertz CT molecular complexity index is 947. The van der Waals surface area contributed by atoms with E-state index in [0.717, 1.165) is 24.0 Å². The number of fused-ring (bicyclic) bond motifs is 1. The number of nitrogens with zero attached hydrogens (tertiary/aromatic N) is 1. The Balaban J connectivity index is 2.07. The third-order valence-corrected chi connectivity index (χ3v) is 4.41. The summed E-state index contributed by atoms with van der Waals surface area (Å²) in [5.41, 5.74) is 1.48. The summed E-state index contributed by atoms with van der Waals surface area (Å²) in [5, 5.41) is 3.04. The molecule has 1 aliphatic carbocycles. The van der Waals surface area contributed by atoms with E-state index in [4.69, 9.17) is 4.74 Å². The molecule has 6 nitrogen and oxygen atoms in total. The maximum absolute atomic E-state index is 13.9. The number of benzene rings is 2. The second kappa shape index (κ2) is 6.40. The standard InChI is InChI=1S/C16H14F2N2O4S/c1-25(22,23)20-14-6-9-2-4-13(19-21)11(9)8-16(14)24-15-5-3-10(17)7-12(15)18/h3,5-8,13,20H,2,4H2,1H3. The molecule has 0 saturated heterocycles. The molecule has 0 saturated carbocycles. The van der Waals surface area contributed by atoms with Crippen LogP contribution in [0.25, 0.3) is 0 Å². The number of hydrogen-bond acceptors (Lipinski definition) is 5. The Morgan fingerprint density at radius 1 is 1.20 bits per heavy atom. The number of ether oxygens (including phenoxy) is 1. The van der Waals surface area contributed by atoms with Gasteiger partial charge in [0.25, 0.3) is 0 Å². The van der Waals surface area contributed by atoms with Crippen molar-refractivity contribution in [2.75, 3.05) is 11.0 Å². The van der Waals surface area contributed by atoms with Gasteiger partial charge >= 0.3 is 0 Å². The number of hydrogen-bond donors (Lipinski definition) is 1. The van der Waals surface area contributed by atoms with Gasteiger partial charge in [-0.15, -0.1) is 0 Å². The molecule has 1 N–H and O–H groups in total. The summed E-state index contributed by atoms with van der Waals surface area (Å²) >= 11 is 0. The van der Waals surface area contributed by atoms with E-state index < -0.39 is 27.7 Å². The molecular weight excluding hydrogens is 354 g/mol. The first kappa shape index (κ1) is 17.3. The predicted octanol–water partition coefficient (Wildman–Crippen LogP) is 3.88. The minimum atomic E-state index is -3.61. The van der Waals surface area contributed by atoms with Gasteiger partial charge in [-0.05, 0) is 48.2 Å². The summed E-state index contributed by atoms with van der Waals surface area (Å²) in [5.74, 6) is -1.97. The number of aryl methyl sites for hydroxylation is 1. The van der Waals surface area contributed by atoms with Gasteiger partial charge in [0.15, 0.2) is 17.3 Å². The van der Waals surface area contributed by atoms with Gasteiger partial charge in [-0.3, -0.25) is 4.72 Å². The molecule has 2 aromatic rings. The van der Waals surface area contributed by atoms with Gasteiger partial charge in [-0.2, -0.15) is 4.91 Å². The monoisotopic (exact) mass is 368 g/mol. The number of rotatable bonds is 5. The maximum atomic E-state index is 13.9. The summed E-state index contributed by atoms with van der Waals surface area (Å²) in [4.78, 5) is 10.9. The normalized spacial score (nSPS) is 16.4. The Morgan fingerprint density at radius 2 is 1.96 bits per heavy atom. The van der Waals surface area contributed by atoms with Crippen molar-refractivity contribution in [2.24, 2.45) is 5.18 Å². The third-order valence-electron chi connectivity index (χ3n) is 3.82. The Kier molecular flexibility index (Phi) is 4.42. The largest absolute Gasteiger partial charge is 0.452 e. The van der Waals surface area contributed by atoms with Crippen LogP contribution in [-0.2, 0) is 16.4 Å². The van der Waals surface area contributed by atoms with E-state index >= 15 is 0 Å². The molecule has 0 aliphatic heterocycles. The molecule has 0 amide bonds. The summed E-state index contributed by atoms with van der Waals surface area (Å²) in [6.45, 7) is 0. The Hall–Kier alpha value is -2.55. The lowest BCUT2D eigenvalue weighted by Gasteiger charge is -2.15. The fourth-order valence-corrected chi connectivity index (χ4v) is 3.32. The Labute approximate surface area is 142 Å². The van der Waals surface area contributed by atoms with Crippen LogP contribution in [0.3, 0.4) is 0 Å². The van der Waals surface area contributed by atoms with Crippen molar-refractivity contribution in [3.63, 3.8) is 0 Å². The summed E-state index contributed by atoms with van der Waals surface area (Å²) in [6, 6.07) is 5.20. The molecule has 25 heavy (non-hydrogen) atoms. The predicted molar refractivity (Wildman–Crippen MR) is 88.2 cm³/mol. The number of anilines is 1. The van der Waals surface area contributed by atoms with E-state index in [1.165, 1.54) is 6.07 Å². The van der Waals surface area contributed by atoms with Crippen LogP contribution in [0.1, 0.15) is 23.6 Å². The van der Waals surface area contributed by atoms with E-state index in [2.05, 4.69) is 9.90 Å². The zero-order valence-corrected chi connectivity index (χ0v) is 13.9. The SMILES string of the molecule is CS(=O)(=O)Nc1cc2c(cc1Oc1ccc(F)cc1F)C(N=O)CC2. The molecule has 1 atom stereocenters. The highest BCUT2D eigenvalue weighted by Crippen LogP contribution is 2.42. The topological polar surface area (TPSA) is 84.8 Å². The van der Waals surface area contributed by atoms with E-state index in [-0.39, 0.29) is 17.2 Å². The van der Waals surface area contributed by atoms with E-state index in [1.54, 1.807) is 6.07 Å². The molecule has 0 fully saturated rings. The fourth-order valence-electron chi connectivity index (χ4n) is 2.76. The zero-order valence-electron chi connectivity index (χ0n) is 13.1. The highest BCUT2D eigenvalue weighted by Gasteiger charge is 2.26. The van der Waals surface area contributed by atoms with Gasteiger partial charge in [-0.25, -0.2) is 17.2 Å². The highest BCUT2D eigenvalue weighted by atomic mass is 32.2. The van der Waals surface area contributed by atoms with Crippen molar-refractivity contribution in [3.8, 4) is 11.5 Å². The molecule has 1 unspecified atom stereocenters. The fraction of sp³-hybridized carbons (Fsp3) is 0.250. The number of nitrogens with one attached hydrogen (secondary N) is 1. The van der Waals surface area contributed by atoms with E-state index in [9.17, 15) is 22.1 Å². The summed E-state index contributed by atoms with van der Waals surface area (Å²) in [7, 11) is -3.61. The molecule has 0 aromatic heterocycles. The van der Waals surface area contributed by atoms with Crippen LogP contribution >= 0.6 is 0 Å². The van der Waals surface area contributed by atoms with Gasteiger partial charge in [0.2, 0.25) is 10.0 Å². The number of sulfonamides is 1. The van der Waals surface area contributed by atoms with Crippen LogP contribution in [0.4, 0.5) is 14.5 Å². The van der Waals surface area contributed by atoms with E-state index in [1.807, 2.05) is 0 Å². The first-order valence-electron chi connectivity index (χ1n) is 7.37. The summed E-state index contributed by atoms with van der Waals surface area (Å²) in [6.07, 6.45) is 2.04. The molecule has 0 bridgehead atoms. The van der Waals surface area contributed by atoms with Crippen molar-refractivity contribution >= 4 is 15.7 Å². The molecule has 0 spiro atoms. The lowest BCUT2D eigenvalue weighted by Crippen LogP contribution is -2.11. The molecule has 2 aromatic carbocycles. The molecule has 1 aliphatic rings. The van der Waals surface area contributed by atoms with Gasteiger partial charge in [0, 0.05) is 6.07 Å². The lowest BCUT2D eigenvalue weighted by atomic mass is 10.1. The molecule has 3 rings (SSSR count). The average Bonchev–Trinajstić information content (AvgIpc) is 2.90. The van der Waals surface area contributed by atoms with Crippen LogP contribution in [0.15, 0.2) is 35.5 Å². The first-order valence-corrected chi connectivity index (χ1v) is 9.26. The van der Waals surface area contributed by atoms with Crippen LogP contribution in [0.5, 0.6) is 11.5 Å². The first-order chi connectivity index (χ1) is 11.8. The zero-order chi connectivity index (χ0) is 18.2. The highest BCUT2D eigenvalue weighted by molar-refractivity contribution is 7.92. The van der Waals surface area contributed by atoms with Crippen molar-refractivity contribution in [2.45, 2.75) is 18.9 Å². The number of nitroso groups, excluding NO2 is 1. The van der Waals surface area contributed by atoms with E-state index in [0.29, 0.717) is 24.5 Å². The smallest absolute Gasteiger partial charge is 0.229 e. The second-order valence-electron chi connectivity index (χ2n) is 5.76. The van der Waals surface area contributed by atoms with Crippen molar-refractivity contribution in [3.05, 3.63) is 58.0 Å². The van der Waals surface area contributed by atoms with Crippen LogP contribution < -0.4 is 9.46 Å². The van der Waals surface area contributed by atoms with Gasteiger partial charge in [0.1, 0.15) is 11.9 Å². The van der Waals surface area contributed by atoms with Crippen molar-refractivity contribution in [1.29, 1.82) is 0 Å². The van der Waals surface area contributed by atoms with Gasteiger partial charge in [-0.1, -0.05) is 5.18 Å². The molecular formula is C16H14F2N2O4S. The third kappa shape index (κ3) is 3.76. The quantitative estimate of drug-likeness (QED) is 0.812. The van der Waals surface area contributed by atoms with Crippen LogP contribution in [-0.4, -0.2) is 14.7 Å². The maximum Gasteiger partial charge on any atom is 0.229 e. The van der Waals surface area contributed by atoms with Crippen molar-refractivity contribution in [1.82, 2.24) is 0 Å². The average molecular weight is 368 g/mol.